The molecule has 0 saturated heterocycles. The Morgan fingerprint density at radius 3 is 2.42 bits per heavy atom. The second-order valence-corrected chi connectivity index (χ2v) is 7.98. The molecule has 7 nitrogen and oxygen atoms in total. The van der Waals surface area contributed by atoms with E-state index in [0.717, 1.165) is 6.26 Å². The van der Waals surface area contributed by atoms with Gasteiger partial charge in [-0.15, -0.1) is 0 Å². The third-order valence-electron chi connectivity index (χ3n) is 3.92. The van der Waals surface area contributed by atoms with E-state index in [1.54, 1.807) is 12.1 Å². The van der Waals surface area contributed by atoms with Crippen molar-refractivity contribution in [3.8, 4) is 5.75 Å². The van der Waals surface area contributed by atoms with E-state index in [2.05, 4.69) is 5.32 Å². The van der Waals surface area contributed by atoms with Gasteiger partial charge in [0.2, 0.25) is 5.91 Å². The number of carbonyl (C=O) groups excluding carboxylic acids is 1. The molecule has 8 heteroatoms. The number of carboxylic acids is 1. The van der Waals surface area contributed by atoms with Crippen LogP contribution in [0.5, 0.6) is 5.75 Å². The Hall–Kier alpha value is -2.09. The van der Waals surface area contributed by atoms with Crippen molar-refractivity contribution in [3.05, 3.63) is 24.3 Å². The van der Waals surface area contributed by atoms with Crippen LogP contribution < -0.4 is 10.1 Å². The van der Waals surface area contributed by atoms with Gasteiger partial charge in [0, 0.05) is 18.7 Å². The zero-order valence-corrected chi connectivity index (χ0v) is 14.2. The number of amides is 1. The maximum absolute atomic E-state index is 11.7. The summed E-state index contributed by atoms with van der Waals surface area (Å²) in [6, 6.07) is 6.08. The zero-order chi connectivity index (χ0) is 17.7. The van der Waals surface area contributed by atoms with Gasteiger partial charge >= 0.3 is 5.97 Å². The summed E-state index contributed by atoms with van der Waals surface area (Å²) in [7, 11) is -3.22. The fourth-order valence-corrected chi connectivity index (χ4v) is 3.07. The first kappa shape index (κ1) is 18.3. The first-order valence-corrected chi connectivity index (χ1v) is 9.60. The van der Waals surface area contributed by atoms with Crippen LogP contribution in [0.25, 0.3) is 0 Å². The Kier molecular flexibility index (Phi) is 5.82. The van der Waals surface area contributed by atoms with Crippen LogP contribution >= 0.6 is 0 Å². The van der Waals surface area contributed by atoms with E-state index in [4.69, 9.17) is 9.84 Å². The summed E-state index contributed by atoms with van der Waals surface area (Å²) in [5.41, 5.74) is 0. The molecular weight excluding hydrogens is 334 g/mol. The predicted octanol–water partition coefficient (Wildman–Crippen LogP) is 1.23. The molecule has 0 bridgehead atoms. The third kappa shape index (κ3) is 5.23. The quantitative estimate of drug-likeness (QED) is 0.679. The minimum absolute atomic E-state index is 0.0388. The number of hydrogen-bond donors (Lipinski definition) is 2. The molecule has 0 spiro atoms. The SMILES string of the molecule is CS(=O)(=O)c1ccc(OCCCC(=O)NC2CC(C(=O)O)C2)cc1. The molecule has 1 aliphatic carbocycles. The maximum Gasteiger partial charge on any atom is 0.306 e. The third-order valence-corrected chi connectivity index (χ3v) is 5.05. The summed E-state index contributed by atoms with van der Waals surface area (Å²) < 4.78 is 28.1. The van der Waals surface area contributed by atoms with Crippen molar-refractivity contribution < 1.29 is 27.9 Å². The predicted molar refractivity (Wildman–Crippen MR) is 86.6 cm³/mol. The normalized spacial score (nSPS) is 20.0. The lowest BCUT2D eigenvalue weighted by atomic mass is 9.80. The minimum Gasteiger partial charge on any atom is -0.494 e. The van der Waals surface area contributed by atoms with Gasteiger partial charge in [0.05, 0.1) is 17.4 Å². The van der Waals surface area contributed by atoms with Crippen molar-refractivity contribution in [2.24, 2.45) is 5.92 Å². The summed E-state index contributed by atoms with van der Waals surface area (Å²) in [4.78, 5) is 22.6. The van der Waals surface area contributed by atoms with Gasteiger partial charge in [0.1, 0.15) is 5.75 Å². The molecule has 0 aromatic heterocycles. The molecule has 0 radical (unpaired) electrons. The standard InChI is InChI=1S/C16H21NO6S/c1-24(21,22)14-6-4-13(5-7-14)23-8-2-3-15(18)17-12-9-11(10-12)16(19)20/h4-7,11-12H,2-3,8-10H2,1H3,(H,17,18)(H,19,20). The number of hydrogen-bond acceptors (Lipinski definition) is 5. The lowest BCUT2D eigenvalue weighted by molar-refractivity contribution is -0.146. The molecule has 1 fully saturated rings. The molecule has 1 saturated carbocycles. The highest BCUT2D eigenvalue weighted by Gasteiger charge is 2.34. The number of sulfone groups is 1. The lowest BCUT2D eigenvalue weighted by Crippen LogP contribution is -2.46. The number of carboxylic acid groups (broad SMARTS) is 1. The first-order chi connectivity index (χ1) is 11.3. The highest BCUT2D eigenvalue weighted by atomic mass is 32.2. The summed E-state index contributed by atoms with van der Waals surface area (Å²) in [5, 5.41) is 11.6. The van der Waals surface area contributed by atoms with Gasteiger partial charge in [0.15, 0.2) is 9.84 Å². The topological polar surface area (TPSA) is 110 Å². The van der Waals surface area contributed by atoms with Crippen LogP contribution in [-0.2, 0) is 19.4 Å². The molecule has 0 atom stereocenters. The molecule has 132 valence electrons. The monoisotopic (exact) mass is 355 g/mol. The van der Waals surface area contributed by atoms with Crippen LogP contribution in [0.4, 0.5) is 0 Å². The molecule has 1 amide bonds. The molecule has 2 rings (SSSR count). The number of benzene rings is 1. The minimum atomic E-state index is -3.22. The van der Waals surface area contributed by atoms with Crippen molar-refractivity contribution in [1.29, 1.82) is 0 Å². The number of aliphatic carboxylic acids is 1. The molecule has 0 heterocycles. The highest BCUT2D eigenvalue weighted by molar-refractivity contribution is 7.90. The molecule has 24 heavy (non-hydrogen) atoms. The lowest BCUT2D eigenvalue weighted by Gasteiger charge is -2.32. The highest BCUT2D eigenvalue weighted by Crippen LogP contribution is 2.27. The van der Waals surface area contributed by atoms with Gasteiger partial charge in [-0.05, 0) is 43.5 Å². The van der Waals surface area contributed by atoms with E-state index in [9.17, 15) is 18.0 Å². The smallest absolute Gasteiger partial charge is 0.306 e. The average Bonchev–Trinajstić information content (AvgIpc) is 2.46. The van der Waals surface area contributed by atoms with Crippen molar-refractivity contribution in [2.45, 2.75) is 36.6 Å². The second-order valence-electron chi connectivity index (χ2n) is 5.97. The van der Waals surface area contributed by atoms with Gasteiger partial charge in [-0.2, -0.15) is 0 Å². The number of nitrogens with one attached hydrogen (secondary N) is 1. The summed E-state index contributed by atoms with van der Waals surface area (Å²) >= 11 is 0. The van der Waals surface area contributed by atoms with Gasteiger partial charge in [-0.1, -0.05) is 0 Å². The average molecular weight is 355 g/mol. The molecule has 1 aliphatic rings. The van der Waals surface area contributed by atoms with Crippen molar-refractivity contribution >= 4 is 21.7 Å². The molecule has 2 N–H and O–H groups in total. The fraction of sp³-hybridized carbons (Fsp3) is 0.500. The van der Waals surface area contributed by atoms with Crippen molar-refractivity contribution in [1.82, 2.24) is 5.32 Å². The first-order valence-electron chi connectivity index (χ1n) is 7.71. The van der Waals surface area contributed by atoms with Crippen LogP contribution in [0.2, 0.25) is 0 Å². The Bertz CT molecular complexity index is 692. The Morgan fingerprint density at radius 2 is 1.88 bits per heavy atom. The van der Waals surface area contributed by atoms with Gasteiger partial charge < -0.3 is 15.2 Å². The summed E-state index contributed by atoms with van der Waals surface area (Å²) in [6.45, 7) is 0.341. The fourth-order valence-electron chi connectivity index (χ4n) is 2.44. The van der Waals surface area contributed by atoms with Crippen LogP contribution in [0.3, 0.4) is 0 Å². The van der Waals surface area contributed by atoms with E-state index in [0.29, 0.717) is 38.0 Å². The van der Waals surface area contributed by atoms with Gasteiger partial charge in [0.25, 0.3) is 0 Å². The van der Waals surface area contributed by atoms with Gasteiger partial charge in [-0.25, -0.2) is 8.42 Å². The molecular formula is C16H21NO6S. The van der Waals surface area contributed by atoms with E-state index in [-0.39, 0.29) is 22.8 Å². The Balaban J connectivity index is 1.63. The van der Waals surface area contributed by atoms with E-state index in [1.165, 1.54) is 12.1 Å². The van der Waals surface area contributed by atoms with Crippen molar-refractivity contribution in [3.63, 3.8) is 0 Å². The van der Waals surface area contributed by atoms with E-state index < -0.39 is 15.8 Å². The van der Waals surface area contributed by atoms with Gasteiger partial charge in [-0.3, -0.25) is 9.59 Å². The Labute approximate surface area is 140 Å². The molecule has 0 aliphatic heterocycles. The van der Waals surface area contributed by atoms with Crippen LogP contribution in [0, 0.1) is 5.92 Å². The second kappa shape index (κ2) is 7.65. The molecule has 1 aromatic carbocycles. The van der Waals surface area contributed by atoms with E-state index >= 15 is 0 Å². The van der Waals surface area contributed by atoms with Crippen LogP contribution in [-0.4, -0.2) is 44.3 Å². The maximum atomic E-state index is 11.7. The Morgan fingerprint density at radius 1 is 1.25 bits per heavy atom. The van der Waals surface area contributed by atoms with E-state index in [1.807, 2.05) is 0 Å². The summed E-state index contributed by atoms with van der Waals surface area (Å²) in [6.07, 6.45) is 2.95. The largest absolute Gasteiger partial charge is 0.494 e. The van der Waals surface area contributed by atoms with Crippen LogP contribution in [0.1, 0.15) is 25.7 Å². The number of carbonyl (C=O) groups is 2. The number of rotatable bonds is 8. The number of ether oxygens (including phenoxy) is 1. The van der Waals surface area contributed by atoms with Crippen molar-refractivity contribution in [2.75, 3.05) is 12.9 Å². The van der Waals surface area contributed by atoms with Crippen LogP contribution in [0.15, 0.2) is 29.2 Å². The molecule has 0 unspecified atom stereocenters. The zero-order valence-electron chi connectivity index (χ0n) is 13.4. The molecule has 1 aromatic rings. The summed E-state index contributed by atoms with van der Waals surface area (Å²) in [5.74, 6) is -0.713.